The van der Waals surface area contributed by atoms with Crippen LogP contribution >= 0.6 is 0 Å². The van der Waals surface area contributed by atoms with Gasteiger partial charge in [-0.3, -0.25) is 0 Å². The number of hydrogen-bond donors (Lipinski definition) is 1. The second-order valence-electron chi connectivity index (χ2n) is 8.04. The normalized spacial score (nSPS) is 15.8. The number of nitrogens with zero attached hydrogens (tertiary/aromatic N) is 2. The van der Waals surface area contributed by atoms with Crippen molar-refractivity contribution in [3.05, 3.63) is 95.6 Å². The van der Waals surface area contributed by atoms with Crippen molar-refractivity contribution in [1.82, 2.24) is 0 Å². The average molecular weight is 401 g/mol. The van der Waals surface area contributed by atoms with Crippen molar-refractivity contribution in [2.45, 2.75) is 32.3 Å². The van der Waals surface area contributed by atoms with Gasteiger partial charge in [0.15, 0.2) is 0 Å². The molecule has 4 rings (SSSR count). The Morgan fingerprint density at radius 3 is 1.77 bits per heavy atom. The Balaban J connectivity index is 1.74. The highest BCUT2D eigenvalue weighted by Crippen LogP contribution is 2.38. The molecule has 0 amide bonds. The van der Waals surface area contributed by atoms with Crippen LogP contribution in [0.15, 0.2) is 78.9 Å². The molecular formula is C27H32N2O. The molecule has 1 aliphatic rings. The summed E-state index contributed by atoms with van der Waals surface area (Å²) in [7, 11) is 0. The van der Waals surface area contributed by atoms with E-state index in [1.807, 2.05) is 30.3 Å². The summed E-state index contributed by atoms with van der Waals surface area (Å²) in [5, 5.41) is 12.1. The largest absolute Gasteiger partial charge is 0.376 e. The molecule has 0 bridgehead atoms. The van der Waals surface area contributed by atoms with Crippen molar-refractivity contribution in [2.24, 2.45) is 0 Å². The van der Waals surface area contributed by atoms with Crippen molar-refractivity contribution in [3.8, 4) is 0 Å². The van der Waals surface area contributed by atoms with Crippen LogP contribution in [0.2, 0.25) is 0 Å². The van der Waals surface area contributed by atoms with Gasteiger partial charge >= 0.3 is 0 Å². The Morgan fingerprint density at radius 2 is 1.23 bits per heavy atom. The summed E-state index contributed by atoms with van der Waals surface area (Å²) in [4.78, 5) is 4.74. The Labute approximate surface area is 180 Å². The summed E-state index contributed by atoms with van der Waals surface area (Å²) in [6.07, 6.45) is 2.52. The summed E-state index contributed by atoms with van der Waals surface area (Å²) in [5.74, 6) is 0. The Bertz CT molecular complexity index is 879. The van der Waals surface area contributed by atoms with E-state index in [-0.39, 0.29) is 0 Å². The zero-order valence-corrected chi connectivity index (χ0v) is 18.1. The minimum atomic E-state index is -1.19. The van der Waals surface area contributed by atoms with E-state index in [9.17, 15) is 5.11 Å². The van der Waals surface area contributed by atoms with Gasteiger partial charge in [-0.1, -0.05) is 54.6 Å². The van der Waals surface area contributed by atoms with Crippen molar-refractivity contribution in [3.63, 3.8) is 0 Å². The summed E-state index contributed by atoms with van der Waals surface area (Å²) in [5.41, 5.74) is 3.90. The van der Waals surface area contributed by atoms with Crippen LogP contribution < -0.4 is 9.80 Å². The van der Waals surface area contributed by atoms with Gasteiger partial charge in [0.1, 0.15) is 5.60 Å². The first-order valence-corrected chi connectivity index (χ1v) is 11.2. The smallest absolute Gasteiger partial charge is 0.140 e. The van der Waals surface area contributed by atoms with Crippen LogP contribution in [0.1, 0.15) is 43.4 Å². The highest BCUT2D eigenvalue weighted by Gasteiger charge is 2.34. The van der Waals surface area contributed by atoms with Crippen molar-refractivity contribution in [2.75, 3.05) is 36.0 Å². The maximum absolute atomic E-state index is 12.1. The van der Waals surface area contributed by atoms with Crippen molar-refractivity contribution < 1.29 is 5.11 Å². The van der Waals surface area contributed by atoms with E-state index in [0.29, 0.717) is 0 Å². The first kappa shape index (κ1) is 20.5. The van der Waals surface area contributed by atoms with E-state index >= 15 is 0 Å². The van der Waals surface area contributed by atoms with Gasteiger partial charge < -0.3 is 14.9 Å². The Hall–Kier alpha value is -2.78. The number of aliphatic hydroxyl groups is 1. The maximum atomic E-state index is 12.1. The molecule has 156 valence electrons. The van der Waals surface area contributed by atoms with E-state index < -0.39 is 5.60 Å². The lowest BCUT2D eigenvalue weighted by Crippen LogP contribution is -2.29. The fourth-order valence-corrected chi connectivity index (χ4v) is 4.57. The van der Waals surface area contributed by atoms with Crippen LogP contribution in [-0.4, -0.2) is 31.3 Å². The SMILES string of the molecule is CCN(CC)c1ccc(C(O)(c2ccccc2)c2ccc(N3CCCC3)cc2)cc1. The molecular weight excluding hydrogens is 368 g/mol. The van der Waals surface area contributed by atoms with Gasteiger partial charge in [-0.25, -0.2) is 0 Å². The van der Waals surface area contributed by atoms with E-state index in [1.165, 1.54) is 24.2 Å². The Morgan fingerprint density at radius 1 is 0.733 bits per heavy atom. The predicted octanol–water partition coefficient (Wildman–Crippen LogP) is 5.42. The van der Waals surface area contributed by atoms with Gasteiger partial charge in [0, 0.05) is 37.6 Å². The van der Waals surface area contributed by atoms with Gasteiger partial charge in [-0.2, -0.15) is 0 Å². The minimum absolute atomic E-state index is 0.884. The third-order valence-electron chi connectivity index (χ3n) is 6.36. The summed E-state index contributed by atoms with van der Waals surface area (Å²) >= 11 is 0. The van der Waals surface area contributed by atoms with E-state index in [0.717, 1.165) is 42.9 Å². The monoisotopic (exact) mass is 400 g/mol. The van der Waals surface area contributed by atoms with Crippen LogP contribution in [0.5, 0.6) is 0 Å². The van der Waals surface area contributed by atoms with Crippen LogP contribution in [-0.2, 0) is 5.60 Å². The molecule has 3 nitrogen and oxygen atoms in total. The standard InChI is InChI=1S/C27H32N2O/c1-3-28(4-2)25-16-12-23(13-17-25)27(30,22-10-6-5-7-11-22)24-14-18-26(19-15-24)29-20-8-9-21-29/h5-7,10-19,30H,3-4,8-9,20-21H2,1-2H3. The average Bonchev–Trinajstić information content (AvgIpc) is 3.36. The number of anilines is 2. The van der Waals surface area contributed by atoms with Gasteiger partial charge in [0.25, 0.3) is 0 Å². The molecule has 3 aromatic rings. The molecule has 0 spiro atoms. The van der Waals surface area contributed by atoms with Crippen LogP contribution in [0.4, 0.5) is 11.4 Å². The number of hydrogen-bond acceptors (Lipinski definition) is 3. The number of benzene rings is 3. The molecule has 30 heavy (non-hydrogen) atoms. The second-order valence-corrected chi connectivity index (χ2v) is 8.04. The summed E-state index contributed by atoms with van der Waals surface area (Å²) < 4.78 is 0. The van der Waals surface area contributed by atoms with Crippen molar-refractivity contribution >= 4 is 11.4 Å². The fourth-order valence-electron chi connectivity index (χ4n) is 4.57. The third-order valence-corrected chi connectivity index (χ3v) is 6.36. The van der Waals surface area contributed by atoms with Crippen LogP contribution in [0, 0.1) is 0 Å². The number of rotatable bonds is 7. The highest BCUT2D eigenvalue weighted by molar-refractivity contribution is 5.56. The zero-order valence-electron chi connectivity index (χ0n) is 18.1. The topological polar surface area (TPSA) is 26.7 Å². The van der Waals surface area contributed by atoms with Gasteiger partial charge in [-0.05, 0) is 67.6 Å². The second kappa shape index (κ2) is 8.93. The molecule has 1 aliphatic heterocycles. The maximum Gasteiger partial charge on any atom is 0.140 e. The van der Waals surface area contributed by atoms with Gasteiger partial charge in [0.2, 0.25) is 0 Å². The molecule has 1 saturated heterocycles. The lowest BCUT2D eigenvalue weighted by atomic mass is 9.80. The van der Waals surface area contributed by atoms with Crippen LogP contribution in [0.3, 0.4) is 0 Å². The van der Waals surface area contributed by atoms with Gasteiger partial charge in [-0.15, -0.1) is 0 Å². The third kappa shape index (κ3) is 3.82. The quantitative estimate of drug-likeness (QED) is 0.537. The van der Waals surface area contributed by atoms with Crippen molar-refractivity contribution in [1.29, 1.82) is 0 Å². The molecule has 1 atom stereocenters. The van der Waals surface area contributed by atoms with E-state index in [1.54, 1.807) is 0 Å². The van der Waals surface area contributed by atoms with E-state index in [4.69, 9.17) is 0 Å². The van der Waals surface area contributed by atoms with Crippen LogP contribution in [0.25, 0.3) is 0 Å². The molecule has 0 aliphatic carbocycles. The Kier molecular flexibility index (Phi) is 6.10. The summed E-state index contributed by atoms with van der Waals surface area (Å²) in [6.45, 7) is 8.51. The zero-order chi connectivity index (χ0) is 21.0. The molecule has 0 saturated carbocycles. The molecule has 3 aromatic carbocycles. The molecule has 1 heterocycles. The highest BCUT2D eigenvalue weighted by atomic mass is 16.3. The first-order valence-electron chi connectivity index (χ1n) is 11.2. The molecule has 1 N–H and O–H groups in total. The molecule has 1 fully saturated rings. The molecule has 0 aromatic heterocycles. The summed E-state index contributed by atoms with van der Waals surface area (Å²) in [6, 6.07) is 26.8. The predicted molar refractivity (Wildman–Crippen MR) is 126 cm³/mol. The minimum Gasteiger partial charge on any atom is -0.376 e. The molecule has 1 unspecified atom stereocenters. The fraction of sp³-hybridized carbons (Fsp3) is 0.333. The first-order chi connectivity index (χ1) is 14.7. The lowest BCUT2D eigenvalue weighted by molar-refractivity contribution is 0.126. The van der Waals surface area contributed by atoms with Gasteiger partial charge in [0.05, 0.1) is 0 Å². The molecule has 0 radical (unpaired) electrons. The molecule has 3 heteroatoms. The van der Waals surface area contributed by atoms with E-state index in [2.05, 4.69) is 72.2 Å². The lowest BCUT2D eigenvalue weighted by Gasteiger charge is -2.31.